The van der Waals surface area contributed by atoms with E-state index in [1.807, 2.05) is 35.2 Å². The first-order valence-electron chi connectivity index (χ1n) is 9.74. The molecule has 1 aromatic carbocycles. The van der Waals surface area contributed by atoms with Gasteiger partial charge in [0.15, 0.2) is 5.82 Å². The molecule has 0 unspecified atom stereocenters. The van der Waals surface area contributed by atoms with Gasteiger partial charge in [-0.15, -0.1) is 0 Å². The summed E-state index contributed by atoms with van der Waals surface area (Å²) in [6.07, 6.45) is 2.29. The smallest absolute Gasteiger partial charge is 0.219 e. The van der Waals surface area contributed by atoms with E-state index in [1.54, 1.807) is 6.92 Å². The molecule has 3 rings (SSSR count). The Hall–Kier alpha value is -2.63. The molecule has 27 heavy (non-hydrogen) atoms. The Balaban J connectivity index is 1.89. The van der Waals surface area contributed by atoms with E-state index >= 15 is 0 Å². The van der Waals surface area contributed by atoms with Gasteiger partial charge in [0.1, 0.15) is 11.6 Å². The zero-order valence-corrected chi connectivity index (χ0v) is 16.6. The number of benzene rings is 1. The molecule has 144 valence electrons. The third-order valence-electron chi connectivity index (χ3n) is 5.02. The van der Waals surface area contributed by atoms with Crippen molar-refractivity contribution in [3.8, 4) is 11.4 Å². The summed E-state index contributed by atoms with van der Waals surface area (Å²) in [5, 5.41) is 0. The van der Waals surface area contributed by atoms with Crippen LogP contribution < -0.4 is 9.80 Å². The van der Waals surface area contributed by atoms with E-state index in [0.717, 1.165) is 68.6 Å². The average Bonchev–Trinajstić information content (AvgIpc) is 2.72. The van der Waals surface area contributed by atoms with Gasteiger partial charge in [0, 0.05) is 58.3 Å². The van der Waals surface area contributed by atoms with Crippen molar-refractivity contribution in [3.05, 3.63) is 36.4 Å². The number of amides is 1. The predicted molar refractivity (Wildman–Crippen MR) is 110 cm³/mol. The summed E-state index contributed by atoms with van der Waals surface area (Å²) in [5.74, 6) is 2.77. The van der Waals surface area contributed by atoms with Gasteiger partial charge < -0.3 is 14.7 Å². The van der Waals surface area contributed by atoms with Crippen LogP contribution in [0.15, 0.2) is 36.4 Å². The molecule has 1 aliphatic heterocycles. The third kappa shape index (κ3) is 4.76. The molecule has 6 nitrogen and oxygen atoms in total. The standard InChI is InChI=1S/C21H29N5O/c1-4-5-11-24(3)19-16-20(26-14-12-25(13-15-26)17(2)27)23-21(22-19)18-9-7-6-8-10-18/h6-10,16H,4-5,11-15H2,1-3H3. The fraction of sp³-hybridized carbons (Fsp3) is 0.476. The highest BCUT2D eigenvalue weighted by molar-refractivity contribution is 5.73. The van der Waals surface area contributed by atoms with Crippen LogP contribution in [0.5, 0.6) is 0 Å². The highest BCUT2D eigenvalue weighted by Gasteiger charge is 2.21. The molecule has 1 saturated heterocycles. The van der Waals surface area contributed by atoms with Crippen molar-refractivity contribution in [2.75, 3.05) is 49.6 Å². The first-order chi connectivity index (χ1) is 13.1. The SMILES string of the molecule is CCCCN(C)c1cc(N2CCN(C(C)=O)CC2)nc(-c2ccccc2)n1. The van der Waals surface area contributed by atoms with Crippen molar-refractivity contribution >= 4 is 17.5 Å². The lowest BCUT2D eigenvalue weighted by atomic mass is 10.2. The lowest BCUT2D eigenvalue weighted by Gasteiger charge is -2.35. The van der Waals surface area contributed by atoms with Crippen LogP contribution in [0.4, 0.5) is 11.6 Å². The summed E-state index contributed by atoms with van der Waals surface area (Å²) in [7, 11) is 2.09. The molecule has 0 radical (unpaired) electrons. The van der Waals surface area contributed by atoms with Crippen LogP contribution in [0.2, 0.25) is 0 Å². The van der Waals surface area contributed by atoms with E-state index in [2.05, 4.69) is 29.8 Å². The minimum absolute atomic E-state index is 0.141. The van der Waals surface area contributed by atoms with Gasteiger partial charge in [-0.05, 0) is 6.42 Å². The van der Waals surface area contributed by atoms with Gasteiger partial charge in [-0.3, -0.25) is 4.79 Å². The molecule has 1 aliphatic rings. The Kier molecular flexibility index (Phi) is 6.27. The van der Waals surface area contributed by atoms with E-state index in [4.69, 9.17) is 9.97 Å². The highest BCUT2D eigenvalue weighted by atomic mass is 16.2. The number of unbranched alkanes of at least 4 members (excludes halogenated alkanes) is 1. The number of carbonyl (C=O) groups is 1. The van der Waals surface area contributed by atoms with E-state index < -0.39 is 0 Å². The van der Waals surface area contributed by atoms with Gasteiger partial charge in [0.05, 0.1) is 0 Å². The maximum Gasteiger partial charge on any atom is 0.219 e. The molecule has 2 aromatic rings. The Bertz CT molecular complexity index is 756. The molecular formula is C21H29N5O. The Labute approximate surface area is 161 Å². The van der Waals surface area contributed by atoms with Crippen LogP contribution in [0.1, 0.15) is 26.7 Å². The summed E-state index contributed by atoms with van der Waals surface area (Å²) in [6.45, 7) is 7.87. The van der Waals surface area contributed by atoms with Crippen molar-refractivity contribution in [1.29, 1.82) is 0 Å². The number of rotatable bonds is 6. The largest absolute Gasteiger partial charge is 0.359 e. The lowest BCUT2D eigenvalue weighted by molar-refractivity contribution is -0.129. The van der Waals surface area contributed by atoms with Crippen LogP contribution >= 0.6 is 0 Å². The molecule has 1 amide bonds. The summed E-state index contributed by atoms with van der Waals surface area (Å²) in [6, 6.07) is 12.2. The summed E-state index contributed by atoms with van der Waals surface area (Å²) < 4.78 is 0. The van der Waals surface area contributed by atoms with Crippen molar-refractivity contribution in [3.63, 3.8) is 0 Å². The maximum atomic E-state index is 11.6. The quantitative estimate of drug-likeness (QED) is 0.785. The number of aromatic nitrogens is 2. The summed E-state index contributed by atoms with van der Waals surface area (Å²) >= 11 is 0. The van der Waals surface area contributed by atoms with E-state index in [9.17, 15) is 4.79 Å². The second-order valence-electron chi connectivity index (χ2n) is 7.04. The van der Waals surface area contributed by atoms with Crippen LogP contribution in [-0.2, 0) is 4.79 Å². The number of hydrogen-bond donors (Lipinski definition) is 0. The second kappa shape index (κ2) is 8.84. The highest BCUT2D eigenvalue weighted by Crippen LogP contribution is 2.25. The minimum atomic E-state index is 0.141. The summed E-state index contributed by atoms with van der Waals surface area (Å²) in [5.41, 5.74) is 1.02. The van der Waals surface area contributed by atoms with Gasteiger partial charge in [-0.2, -0.15) is 0 Å². The van der Waals surface area contributed by atoms with Gasteiger partial charge >= 0.3 is 0 Å². The normalized spacial score (nSPS) is 14.3. The van der Waals surface area contributed by atoms with Crippen molar-refractivity contribution in [2.24, 2.45) is 0 Å². The van der Waals surface area contributed by atoms with Gasteiger partial charge in [-0.1, -0.05) is 43.7 Å². The fourth-order valence-electron chi connectivity index (χ4n) is 3.26. The van der Waals surface area contributed by atoms with E-state index in [1.165, 1.54) is 0 Å². The zero-order valence-electron chi connectivity index (χ0n) is 16.6. The summed E-state index contributed by atoms with van der Waals surface area (Å²) in [4.78, 5) is 27.6. The number of hydrogen-bond acceptors (Lipinski definition) is 5. The molecule has 6 heteroatoms. The van der Waals surface area contributed by atoms with Crippen molar-refractivity contribution in [2.45, 2.75) is 26.7 Å². The Morgan fingerprint density at radius 2 is 1.81 bits per heavy atom. The Morgan fingerprint density at radius 1 is 1.11 bits per heavy atom. The molecule has 2 heterocycles. The molecule has 0 saturated carbocycles. The minimum Gasteiger partial charge on any atom is -0.359 e. The number of carbonyl (C=O) groups excluding carboxylic acids is 1. The van der Waals surface area contributed by atoms with Gasteiger partial charge in [0.25, 0.3) is 0 Å². The topological polar surface area (TPSA) is 52.6 Å². The molecule has 0 N–H and O–H groups in total. The van der Waals surface area contributed by atoms with Crippen LogP contribution in [0.3, 0.4) is 0 Å². The van der Waals surface area contributed by atoms with E-state index in [0.29, 0.717) is 0 Å². The number of piperazine rings is 1. The second-order valence-corrected chi connectivity index (χ2v) is 7.04. The van der Waals surface area contributed by atoms with Crippen LogP contribution in [0.25, 0.3) is 11.4 Å². The molecule has 0 aliphatic carbocycles. The molecule has 1 fully saturated rings. The molecular weight excluding hydrogens is 338 g/mol. The first kappa shape index (κ1) is 19.1. The number of anilines is 2. The Morgan fingerprint density at radius 3 is 2.44 bits per heavy atom. The van der Waals surface area contributed by atoms with Crippen molar-refractivity contribution < 1.29 is 4.79 Å². The average molecular weight is 367 g/mol. The lowest BCUT2D eigenvalue weighted by Crippen LogP contribution is -2.48. The number of nitrogens with zero attached hydrogens (tertiary/aromatic N) is 5. The first-order valence-corrected chi connectivity index (χ1v) is 9.74. The van der Waals surface area contributed by atoms with E-state index in [-0.39, 0.29) is 5.91 Å². The van der Waals surface area contributed by atoms with Gasteiger partial charge in [-0.25, -0.2) is 9.97 Å². The fourth-order valence-corrected chi connectivity index (χ4v) is 3.26. The third-order valence-corrected chi connectivity index (χ3v) is 5.02. The monoisotopic (exact) mass is 367 g/mol. The van der Waals surface area contributed by atoms with Crippen LogP contribution in [-0.4, -0.2) is 60.5 Å². The molecule has 0 spiro atoms. The van der Waals surface area contributed by atoms with Crippen LogP contribution in [0, 0.1) is 0 Å². The zero-order chi connectivity index (χ0) is 19.2. The molecule has 1 aromatic heterocycles. The molecule has 0 atom stereocenters. The maximum absolute atomic E-state index is 11.6. The molecule has 0 bridgehead atoms. The predicted octanol–water partition coefficient (Wildman–Crippen LogP) is 3.05. The van der Waals surface area contributed by atoms with Crippen molar-refractivity contribution in [1.82, 2.24) is 14.9 Å². The van der Waals surface area contributed by atoms with Gasteiger partial charge in [0.2, 0.25) is 5.91 Å².